The molecule has 0 saturated carbocycles. The van der Waals surface area contributed by atoms with Gasteiger partial charge in [-0.15, -0.1) is 0 Å². The molecule has 8 rings (SSSR count). The van der Waals surface area contributed by atoms with Crippen LogP contribution in [-0.2, 0) is 0 Å². The molecule has 1 aliphatic carbocycles. The Kier molecular flexibility index (Phi) is 4.65. The van der Waals surface area contributed by atoms with Crippen LogP contribution in [0.5, 0.6) is 0 Å². The average Bonchev–Trinajstić information content (AvgIpc) is 3.51. The van der Waals surface area contributed by atoms with E-state index in [0.717, 1.165) is 30.0 Å². The van der Waals surface area contributed by atoms with Gasteiger partial charge in [-0.25, -0.2) is 4.98 Å². The summed E-state index contributed by atoms with van der Waals surface area (Å²) in [7, 11) is 0. The average molecular weight is 488 g/mol. The van der Waals surface area contributed by atoms with E-state index in [2.05, 4.69) is 137 Å². The molecule has 180 valence electrons. The van der Waals surface area contributed by atoms with Crippen LogP contribution in [0, 0.1) is 0 Å². The Morgan fingerprint density at radius 1 is 0.553 bits per heavy atom. The van der Waals surface area contributed by atoms with Crippen LogP contribution in [0.25, 0.3) is 60.7 Å². The lowest BCUT2D eigenvalue weighted by molar-refractivity contribution is 1.01. The number of hydrogen-bond donors (Lipinski definition) is 0. The molecule has 0 amide bonds. The SMILES string of the molecule is C1=CCCC(c2cccc(-n3c4ccccc4c4ccc5c6ccccc6n(-c6ccccc6)c5c43)n2)=C1. The molecule has 3 nitrogen and oxygen atoms in total. The third-order valence-electron chi connectivity index (χ3n) is 7.79. The fraction of sp³-hybridized carbons (Fsp3) is 0.0571. The van der Waals surface area contributed by atoms with Crippen LogP contribution in [0.2, 0.25) is 0 Å². The van der Waals surface area contributed by atoms with Crippen molar-refractivity contribution in [3.8, 4) is 11.5 Å². The first-order valence-electron chi connectivity index (χ1n) is 13.2. The van der Waals surface area contributed by atoms with Gasteiger partial charge in [0, 0.05) is 27.2 Å². The van der Waals surface area contributed by atoms with E-state index in [1.165, 1.54) is 49.2 Å². The lowest BCUT2D eigenvalue weighted by Gasteiger charge is -2.14. The molecule has 4 aromatic carbocycles. The summed E-state index contributed by atoms with van der Waals surface area (Å²) < 4.78 is 4.79. The van der Waals surface area contributed by atoms with Gasteiger partial charge >= 0.3 is 0 Å². The highest BCUT2D eigenvalue weighted by Gasteiger charge is 2.21. The fourth-order valence-corrected chi connectivity index (χ4v) is 6.13. The van der Waals surface area contributed by atoms with Gasteiger partial charge in [-0.1, -0.05) is 91.0 Å². The number of rotatable bonds is 3. The van der Waals surface area contributed by atoms with Crippen molar-refractivity contribution in [1.82, 2.24) is 14.1 Å². The summed E-state index contributed by atoms with van der Waals surface area (Å²) in [6.07, 6.45) is 8.65. The molecule has 0 atom stereocenters. The molecular weight excluding hydrogens is 462 g/mol. The third-order valence-corrected chi connectivity index (χ3v) is 7.79. The minimum Gasteiger partial charge on any atom is -0.307 e. The number of para-hydroxylation sites is 3. The van der Waals surface area contributed by atoms with Gasteiger partial charge < -0.3 is 4.57 Å². The molecule has 7 aromatic rings. The largest absolute Gasteiger partial charge is 0.307 e. The number of hydrogen-bond acceptors (Lipinski definition) is 1. The molecule has 3 heterocycles. The monoisotopic (exact) mass is 487 g/mol. The van der Waals surface area contributed by atoms with E-state index in [1.54, 1.807) is 0 Å². The number of nitrogens with zero attached hydrogens (tertiary/aromatic N) is 3. The Hall–Kier alpha value is -4.89. The summed E-state index contributed by atoms with van der Waals surface area (Å²) in [6, 6.07) is 39.1. The minimum absolute atomic E-state index is 0.946. The van der Waals surface area contributed by atoms with Gasteiger partial charge in [-0.2, -0.15) is 0 Å². The van der Waals surface area contributed by atoms with E-state index in [4.69, 9.17) is 4.98 Å². The van der Waals surface area contributed by atoms with E-state index in [1.807, 2.05) is 0 Å². The second-order valence-electron chi connectivity index (χ2n) is 9.94. The molecule has 38 heavy (non-hydrogen) atoms. The Morgan fingerprint density at radius 2 is 1.21 bits per heavy atom. The fourth-order valence-electron chi connectivity index (χ4n) is 6.13. The predicted molar refractivity (Wildman–Crippen MR) is 159 cm³/mol. The smallest absolute Gasteiger partial charge is 0.138 e. The first-order chi connectivity index (χ1) is 18.9. The van der Waals surface area contributed by atoms with Crippen molar-refractivity contribution in [3.63, 3.8) is 0 Å². The zero-order valence-electron chi connectivity index (χ0n) is 20.9. The normalized spacial score (nSPS) is 13.6. The molecule has 0 bridgehead atoms. The number of benzene rings is 4. The number of fused-ring (bicyclic) bond motifs is 7. The van der Waals surface area contributed by atoms with Gasteiger partial charge in [0.1, 0.15) is 5.82 Å². The van der Waals surface area contributed by atoms with Crippen molar-refractivity contribution in [3.05, 3.63) is 133 Å². The van der Waals surface area contributed by atoms with Crippen LogP contribution in [-0.4, -0.2) is 14.1 Å². The lowest BCUT2D eigenvalue weighted by Crippen LogP contribution is -2.02. The van der Waals surface area contributed by atoms with Crippen LogP contribution in [0.1, 0.15) is 18.5 Å². The van der Waals surface area contributed by atoms with Gasteiger partial charge in [0.05, 0.1) is 27.8 Å². The standard InChI is InChI=1S/C35H25N3/c1-3-12-24(13-4-1)30-18-11-21-33(36-30)38-32-20-10-8-17-27(32)29-23-22-28-26-16-7-9-19-31(26)37(34(28)35(29)38)25-14-5-2-6-15-25/h1-3,5-12,14-23H,4,13H2. The molecule has 0 spiro atoms. The van der Waals surface area contributed by atoms with Crippen LogP contribution in [0.4, 0.5) is 0 Å². The van der Waals surface area contributed by atoms with Gasteiger partial charge in [0.15, 0.2) is 0 Å². The van der Waals surface area contributed by atoms with Crippen molar-refractivity contribution >= 4 is 49.2 Å². The first kappa shape index (κ1) is 21.2. The van der Waals surface area contributed by atoms with Crippen LogP contribution in [0.3, 0.4) is 0 Å². The summed E-state index contributed by atoms with van der Waals surface area (Å²) in [6.45, 7) is 0. The summed E-state index contributed by atoms with van der Waals surface area (Å²) in [4.78, 5) is 5.25. The molecule has 3 heteroatoms. The summed E-state index contributed by atoms with van der Waals surface area (Å²) >= 11 is 0. The molecule has 0 fully saturated rings. The molecule has 0 radical (unpaired) electrons. The second kappa shape index (κ2) is 8.32. The van der Waals surface area contributed by atoms with E-state index >= 15 is 0 Å². The topological polar surface area (TPSA) is 22.8 Å². The third kappa shape index (κ3) is 3.05. The quantitative estimate of drug-likeness (QED) is 0.244. The lowest BCUT2D eigenvalue weighted by atomic mass is 10.0. The highest BCUT2D eigenvalue weighted by Crippen LogP contribution is 2.41. The van der Waals surface area contributed by atoms with Crippen LogP contribution >= 0.6 is 0 Å². The maximum Gasteiger partial charge on any atom is 0.138 e. The molecule has 3 aromatic heterocycles. The number of allylic oxidation sites excluding steroid dienone is 4. The molecule has 0 saturated heterocycles. The van der Waals surface area contributed by atoms with E-state index in [-0.39, 0.29) is 0 Å². The van der Waals surface area contributed by atoms with Gasteiger partial charge in [0.25, 0.3) is 0 Å². The van der Waals surface area contributed by atoms with Crippen molar-refractivity contribution in [2.45, 2.75) is 12.8 Å². The predicted octanol–water partition coefficient (Wildman–Crippen LogP) is 9.01. The maximum atomic E-state index is 5.25. The Balaban J connectivity index is 1.56. The molecule has 0 N–H and O–H groups in total. The molecule has 0 unspecified atom stereocenters. The first-order valence-corrected chi connectivity index (χ1v) is 13.2. The molecule has 1 aliphatic rings. The van der Waals surface area contributed by atoms with E-state index < -0.39 is 0 Å². The van der Waals surface area contributed by atoms with Gasteiger partial charge in [-0.3, -0.25) is 4.57 Å². The zero-order valence-corrected chi connectivity index (χ0v) is 20.9. The Bertz CT molecular complexity index is 2070. The van der Waals surface area contributed by atoms with Crippen LogP contribution < -0.4 is 0 Å². The van der Waals surface area contributed by atoms with Crippen LogP contribution in [0.15, 0.2) is 127 Å². The number of aromatic nitrogens is 3. The van der Waals surface area contributed by atoms with Crippen molar-refractivity contribution in [2.24, 2.45) is 0 Å². The molecular formula is C35H25N3. The summed E-state index contributed by atoms with van der Waals surface area (Å²) in [5.41, 5.74) is 8.26. The molecule has 0 aliphatic heterocycles. The van der Waals surface area contributed by atoms with E-state index in [9.17, 15) is 0 Å². The summed E-state index contributed by atoms with van der Waals surface area (Å²) in [5.74, 6) is 0.946. The highest BCUT2D eigenvalue weighted by molar-refractivity contribution is 6.23. The Morgan fingerprint density at radius 3 is 1.92 bits per heavy atom. The van der Waals surface area contributed by atoms with Gasteiger partial charge in [-0.05, 0) is 54.8 Å². The van der Waals surface area contributed by atoms with Crippen molar-refractivity contribution < 1.29 is 0 Å². The minimum atomic E-state index is 0.946. The second-order valence-corrected chi connectivity index (χ2v) is 9.94. The van der Waals surface area contributed by atoms with Crippen molar-refractivity contribution in [1.29, 1.82) is 0 Å². The van der Waals surface area contributed by atoms with E-state index in [0.29, 0.717) is 0 Å². The zero-order chi connectivity index (χ0) is 25.1. The summed E-state index contributed by atoms with van der Waals surface area (Å²) in [5, 5.41) is 4.98. The maximum absolute atomic E-state index is 5.25. The highest BCUT2D eigenvalue weighted by atomic mass is 15.1. The van der Waals surface area contributed by atoms with Crippen molar-refractivity contribution in [2.75, 3.05) is 0 Å². The Labute approximate surface area is 220 Å². The van der Waals surface area contributed by atoms with Gasteiger partial charge in [0.2, 0.25) is 0 Å². The number of pyridine rings is 1.